The van der Waals surface area contributed by atoms with Gasteiger partial charge in [0.2, 0.25) is 5.96 Å². The molecule has 3 aromatic rings. The number of nitrogens with zero attached hydrogens (tertiary/aromatic N) is 4. The Kier molecular flexibility index (Phi) is 4.52. The molecule has 2 unspecified atom stereocenters. The molecule has 2 aromatic heterocycles. The fourth-order valence-electron chi connectivity index (χ4n) is 2.74. The lowest BCUT2D eigenvalue weighted by Crippen LogP contribution is -2.41. The smallest absolute Gasteiger partial charge is 0.257 e. The van der Waals surface area contributed by atoms with Crippen molar-refractivity contribution < 1.29 is 13.1 Å². The van der Waals surface area contributed by atoms with Crippen LogP contribution in [0.15, 0.2) is 39.8 Å². The Morgan fingerprint density at radius 2 is 2.15 bits per heavy atom. The molecule has 0 aliphatic carbocycles. The van der Waals surface area contributed by atoms with Crippen molar-refractivity contribution in [3.63, 3.8) is 0 Å². The van der Waals surface area contributed by atoms with Crippen molar-refractivity contribution in [3.8, 4) is 21.9 Å². The molecule has 0 saturated heterocycles. The summed E-state index contributed by atoms with van der Waals surface area (Å²) in [5.41, 5.74) is 7.37. The van der Waals surface area contributed by atoms with Gasteiger partial charge in [-0.3, -0.25) is 4.31 Å². The molecule has 1 aliphatic rings. The Labute approximate surface area is 161 Å². The minimum atomic E-state index is -1.33. The Hall–Kier alpha value is -2.59. The average molecular weight is 405 g/mol. The summed E-state index contributed by atoms with van der Waals surface area (Å²) in [6.07, 6.45) is 0. The van der Waals surface area contributed by atoms with Crippen molar-refractivity contribution in [3.05, 3.63) is 46.9 Å². The first-order valence-electron chi connectivity index (χ1n) is 8.08. The first kappa shape index (κ1) is 17.8. The van der Waals surface area contributed by atoms with Gasteiger partial charge in [0, 0.05) is 17.5 Å². The molecule has 1 aliphatic heterocycles. The summed E-state index contributed by atoms with van der Waals surface area (Å²) in [7, 11) is 0.278. The molecular formula is C17H16FN5O2S2. The van der Waals surface area contributed by atoms with Crippen molar-refractivity contribution in [2.24, 2.45) is 10.7 Å². The number of hydrogen-bond donors (Lipinski definition) is 1. The van der Waals surface area contributed by atoms with Gasteiger partial charge in [-0.2, -0.15) is 4.98 Å². The molecule has 140 valence electrons. The van der Waals surface area contributed by atoms with Crippen LogP contribution >= 0.6 is 11.3 Å². The lowest BCUT2D eigenvalue weighted by molar-refractivity contribution is 0.425. The quantitative estimate of drug-likeness (QED) is 0.723. The number of nitrogens with two attached hydrogens (primary N) is 1. The van der Waals surface area contributed by atoms with E-state index in [2.05, 4.69) is 15.1 Å². The van der Waals surface area contributed by atoms with E-state index in [0.29, 0.717) is 16.6 Å². The molecule has 0 amide bonds. The molecule has 3 heterocycles. The average Bonchev–Trinajstić information content (AvgIpc) is 3.25. The van der Waals surface area contributed by atoms with E-state index in [4.69, 9.17) is 10.3 Å². The SMILES string of the molecule is Cc1noc(-c2cccc(-c3cc(F)c(C4CS(=O)N(C)C(N)=N4)s3)c2)n1. The zero-order valence-electron chi connectivity index (χ0n) is 14.5. The molecule has 0 bridgehead atoms. The Morgan fingerprint density at radius 1 is 1.37 bits per heavy atom. The van der Waals surface area contributed by atoms with Crippen molar-refractivity contribution in [1.82, 2.24) is 14.4 Å². The summed E-state index contributed by atoms with van der Waals surface area (Å²) in [5.74, 6) is 0.931. The van der Waals surface area contributed by atoms with E-state index in [9.17, 15) is 8.60 Å². The second-order valence-electron chi connectivity index (χ2n) is 6.04. The number of benzene rings is 1. The summed E-state index contributed by atoms with van der Waals surface area (Å²) in [6.45, 7) is 1.75. The molecular weight excluding hydrogens is 389 g/mol. The lowest BCUT2D eigenvalue weighted by Gasteiger charge is -2.25. The molecule has 0 radical (unpaired) electrons. The lowest BCUT2D eigenvalue weighted by atomic mass is 10.1. The fourth-order valence-corrected chi connectivity index (χ4v) is 4.90. The second kappa shape index (κ2) is 6.86. The van der Waals surface area contributed by atoms with Crippen LogP contribution < -0.4 is 5.73 Å². The summed E-state index contributed by atoms with van der Waals surface area (Å²) in [5, 5.41) is 3.79. The molecule has 2 N–H and O–H groups in total. The molecule has 27 heavy (non-hydrogen) atoms. The van der Waals surface area contributed by atoms with E-state index < -0.39 is 17.0 Å². The van der Waals surface area contributed by atoms with E-state index in [1.165, 1.54) is 21.7 Å². The van der Waals surface area contributed by atoms with E-state index in [1.807, 2.05) is 24.3 Å². The number of guanidine groups is 1. The monoisotopic (exact) mass is 405 g/mol. The highest BCUT2D eigenvalue weighted by molar-refractivity contribution is 7.83. The summed E-state index contributed by atoms with van der Waals surface area (Å²) < 4.78 is 33.3. The zero-order chi connectivity index (χ0) is 19.1. The summed E-state index contributed by atoms with van der Waals surface area (Å²) in [4.78, 5) is 9.66. The van der Waals surface area contributed by atoms with E-state index in [0.717, 1.165) is 16.0 Å². The molecule has 4 rings (SSSR count). The Balaban J connectivity index is 1.69. The van der Waals surface area contributed by atoms with Gasteiger partial charge in [0.05, 0.1) is 10.6 Å². The van der Waals surface area contributed by atoms with Gasteiger partial charge in [-0.25, -0.2) is 13.6 Å². The molecule has 1 aromatic carbocycles. The van der Waals surface area contributed by atoms with Gasteiger partial charge < -0.3 is 10.3 Å². The van der Waals surface area contributed by atoms with Crippen LogP contribution in [0, 0.1) is 12.7 Å². The maximum absolute atomic E-state index is 14.6. The van der Waals surface area contributed by atoms with Crippen molar-refractivity contribution in [2.45, 2.75) is 13.0 Å². The van der Waals surface area contributed by atoms with Crippen LogP contribution in [0.4, 0.5) is 4.39 Å². The van der Waals surface area contributed by atoms with Gasteiger partial charge in [-0.15, -0.1) is 11.3 Å². The molecule has 0 fully saturated rings. The first-order valence-corrected chi connectivity index (χ1v) is 10.2. The van der Waals surface area contributed by atoms with Gasteiger partial charge >= 0.3 is 0 Å². The first-order chi connectivity index (χ1) is 12.9. The summed E-state index contributed by atoms with van der Waals surface area (Å²) in [6, 6.07) is 8.36. The van der Waals surface area contributed by atoms with Gasteiger partial charge in [0.15, 0.2) is 5.82 Å². The predicted molar refractivity (Wildman–Crippen MR) is 103 cm³/mol. The topological polar surface area (TPSA) is 97.6 Å². The molecule has 10 heteroatoms. The third kappa shape index (κ3) is 3.37. The highest BCUT2D eigenvalue weighted by Crippen LogP contribution is 2.38. The van der Waals surface area contributed by atoms with Crippen LogP contribution in [0.3, 0.4) is 0 Å². The Morgan fingerprint density at radius 3 is 2.85 bits per heavy atom. The zero-order valence-corrected chi connectivity index (χ0v) is 16.2. The highest BCUT2D eigenvalue weighted by atomic mass is 32.2. The third-order valence-electron chi connectivity index (χ3n) is 4.15. The van der Waals surface area contributed by atoms with Gasteiger partial charge in [-0.05, 0) is 30.7 Å². The second-order valence-corrected chi connectivity index (χ2v) is 8.65. The van der Waals surface area contributed by atoms with Gasteiger partial charge in [-0.1, -0.05) is 17.3 Å². The molecule has 7 nitrogen and oxygen atoms in total. The third-order valence-corrected chi connectivity index (χ3v) is 6.81. The minimum Gasteiger partial charge on any atom is -0.369 e. The van der Waals surface area contributed by atoms with Gasteiger partial charge in [0.1, 0.15) is 22.8 Å². The number of thiophene rings is 1. The fraction of sp³-hybridized carbons (Fsp3) is 0.235. The number of halogens is 1. The normalized spacial score (nSPS) is 20.0. The van der Waals surface area contributed by atoms with Crippen LogP contribution in [0.2, 0.25) is 0 Å². The Bertz CT molecular complexity index is 1060. The van der Waals surface area contributed by atoms with Crippen LogP contribution in [-0.4, -0.2) is 37.4 Å². The number of aliphatic imine (C=N–C) groups is 1. The summed E-state index contributed by atoms with van der Waals surface area (Å²) >= 11 is 1.28. The van der Waals surface area contributed by atoms with Crippen LogP contribution in [0.25, 0.3) is 21.9 Å². The predicted octanol–water partition coefficient (Wildman–Crippen LogP) is 2.88. The van der Waals surface area contributed by atoms with Crippen LogP contribution in [0.5, 0.6) is 0 Å². The molecule has 0 saturated carbocycles. The highest BCUT2D eigenvalue weighted by Gasteiger charge is 2.28. The van der Waals surface area contributed by atoms with E-state index in [1.54, 1.807) is 14.0 Å². The number of hydrogen-bond acceptors (Lipinski definition) is 7. The maximum Gasteiger partial charge on any atom is 0.257 e. The number of aryl methyl sites for hydroxylation is 1. The molecule has 2 atom stereocenters. The van der Waals surface area contributed by atoms with E-state index >= 15 is 0 Å². The maximum atomic E-state index is 14.6. The van der Waals surface area contributed by atoms with Crippen molar-refractivity contribution in [1.29, 1.82) is 0 Å². The number of aromatic nitrogens is 2. The standard InChI is InChI=1S/C17H16FN5O2S2/c1-9-20-16(25-22-9)11-5-3-4-10(6-11)14-7-12(18)15(26-14)13-8-27(24)23(2)17(19)21-13/h3-7,13H,8H2,1-2H3,(H2,19,21). The van der Waals surface area contributed by atoms with Crippen LogP contribution in [-0.2, 0) is 11.0 Å². The van der Waals surface area contributed by atoms with E-state index in [-0.39, 0.29) is 17.5 Å². The van der Waals surface area contributed by atoms with Gasteiger partial charge in [0.25, 0.3) is 5.89 Å². The minimum absolute atomic E-state index is 0.146. The molecule has 0 spiro atoms. The van der Waals surface area contributed by atoms with Crippen molar-refractivity contribution >= 4 is 28.3 Å². The van der Waals surface area contributed by atoms with Crippen LogP contribution in [0.1, 0.15) is 16.7 Å². The van der Waals surface area contributed by atoms with Crippen molar-refractivity contribution in [2.75, 3.05) is 12.8 Å². The number of rotatable bonds is 3. The largest absolute Gasteiger partial charge is 0.369 e.